The van der Waals surface area contributed by atoms with Crippen molar-refractivity contribution in [2.45, 2.75) is 96.3 Å². The number of aromatic nitrogens is 4. The van der Waals surface area contributed by atoms with Gasteiger partial charge in [0.15, 0.2) is 0 Å². The highest BCUT2D eigenvalue weighted by molar-refractivity contribution is 6.02. The maximum absolute atomic E-state index is 14.1. The molecule has 2 saturated heterocycles. The number of fused-ring (bicyclic) bond motifs is 5. The van der Waals surface area contributed by atoms with E-state index in [4.69, 9.17) is 23.9 Å². The van der Waals surface area contributed by atoms with Gasteiger partial charge in [-0.25, -0.2) is 19.6 Å². The minimum atomic E-state index is -0.714. The van der Waals surface area contributed by atoms with Crippen molar-refractivity contribution in [3.63, 3.8) is 0 Å². The lowest BCUT2D eigenvalue weighted by Gasteiger charge is -2.40. The van der Waals surface area contributed by atoms with E-state index in [1.54, 1.807) is 0 Å². The monoisotopic (exact) mass is 844 g/mol. The number of H-pyrrole nitrogens is 2. The molecule has 4 amide bonds. The molecule has 3 aromatic heterocycles. The fraction of sp³-hybridized carbons (Fsp3) is 0.489. The topological polar surface area (TPSA) is 188 Å². The zero-order valence-electron chi connectivity index (χ0n) is 36.5. The van der Waals surface area contributed by atoms with Crippen molar-refractivity contribution in [3.05, 3.63) is 72.3 Å². The molecule has 5 aromatic rings. The first-order valence-electron chi connectivity index (χ1n) is 21.8. The van der Waals surface area contributed by atoms with E-state index in [0.29, 0.717) is 24.9 Å². The molecule has 4 N–H and O–H groups in total. The van der Waals surface area contributed by atoms with Gasteiger partial charge in [0.2, 0.25) is 11.8 Å². The highest BCUT2D eigenvalue weighted by Crippen LogP contribution is 2.54. The van der Waals surface area contributed by atoms with E-state index >= 15 is 0 Å². The Morgan fingerprint density at radius 3 is 1.71 bits per heavy atom. The smallest absolute Gasteiger partial charge is 0.407 e. The molecule has 326 valence electrons. The van der Waals surface area contributed by atoms with Gasteiger partial charge >= 0.3 is 12.2 Å². The molecule has 6 atom stereocenters. The number of furan rings is 1. The Morgan fingerprint density at radius 2 is 1.21 bits per heavy atom. The van der Waals surface area contributed by atoms with Gasteiger partial charge < -0.3 is 44.3 Å². The number of imidazole rings is 2. The molecule has 4 fully saturated rings. The molecule has 4 aliphatic rings. The van der Waals surface area contributed by atoms with Gasteiger partial charge in [0.05, 0.1) is 38.0 Å². The van der Waals surface area contributed by atoms with Gasteiger partial charge in [-0.2, -0.15) is 0 Å². The van der Waals surface area contributed by atoms with Crippen molar-refractivity contribution in [2.75, 3.05) is 27.3 Å². The molecule has 9 rings (SSSR count). The fourth-order valence-electron chi connectivity index (χ4n) is 10.9. The number of aryl methyl sites for hydroxylation is 1. The summed E-state index contributed by atoms with van der Waals surface area (Å²) in [7, 11) is 2.61. The second-order valence-corrected chi connectivity index (χ2v) is 18.5. The maximum atomic E-state index is 14.1. The lowest BCUT2D eigenvalue weighted by Crippen LogP contribution is -2.56. The van der Waals surface area contributed by atoms with Crippen LogP contribution in [0.5, 0.6) is 0 Å². The number of amides is 4. The number of ether oxygens (including phenoxy) is 2. The summed E-state index contributed by atoms with van der Waals surface area (Å²) in [6.45, 7) is 10.9. The van der Waals surface area contributed by atoms with Crippen LogP contribution in [0.25, 0.3) is 44.6 Å². The summed E-state index contributed by atoms with van der Waals surface area (Å²) < 4.78 is 16.1. The van der Waals surface area contributed by atoms with E-state index in [0.717, 1.165) is 101 Å². The van der Waals surface area contributed by atoms with E-state index in [1.165, 1.54) is 14.2 Å². The van der Waals surface area contributed by atoms with Gasteiger partial charge in [0, 0.05) is 24.0 Å². The molecule has 5 heterocycles. The number of aromatic amines is 2. The molecule has 4 unspecified atom stereocenters. The number of carbonyl (C=O) groups excluding carboxylic acids is 4. The SMILES string of the molecule is COC(=O)N[C@H](C(=O)N1CC2CCC1(c1ncc(-c3ccc(-c4ccc(-c5cnc(C67CCC(CN6C(=O)[C@@H](NC(=O)OC)C(C)C)C7)[nH]5)c5oc(C)cc45)cc3)[nH]1)C2)C(C)C. The number of rotatable bonds is 11. The second-order valence-electron chi connectivity index (χ2n) is 18.5. The Hall–Kier alpha value is -6.12. The normalized spacial score (nSPS) is 23.7. The van der Waals surface area contributed by atoms with Gasteiger partial charge in [0.25, 0.3) is 0 Å². The summed E-state index contributed by atoms with van der Waals surface area (Å²) >= 11 is 0. The summed E-state index contributed by atoms with van der Waals surface area (Å²) in [6, 6.07) is 13.2. The van der Waals surface area contributed by atoms with Crippen LogP contribution in [0, 0.1) is 30.6 Å². The first-order chi connectivity index (χ1) is 29.7. The second kappa shape index (κ2) is 15.7. The molecule has 0 radical (unpaired) electrons. The van der Waals surface area contributed by atoms with E-state index < -0.39 is 35.3 Å². The lowest BCUT2D eigenvalue weighted by molar-refractivity contribution is -0.141. The molecule has 2 saturated carbocycles. The summed E-state index contributed by atoms with van der Waals surface area (Å²) in [4.78, 5) is 73.3. The minimum absolute atomic E-state index is 0.111. The number of hydrogen-bond donors (Lipinski definition) is 4. The lowest BCUT2D eigenvalue weighted by atomic mass is 9.93. The molecule has 15 nitrogen and oxygen atoms in total. The molecule has 2 aromatic carbocycles. The van der Waals surface area contributed by atoms with Gasteiger partial charge in [-0.15, -0.1) is 0 Å². The number of hydrogen-bond acceptors (Lipinski definition) is 9. The predicted octanol–water partition coefficient (Wildman–Crippen LogP) is 7.62. The van der Waals surface area contributed by atoms with Crippen LogP contribution < -0.4 is 10.6 Å². The quantitative estimate of drug-likeness (QED) is 0.104. The van der Waals surface area contributed by atoms with Crippen LogP contribution in [0.1, 0.15) is 83.6 Å². The molecule has 2 aliphatic heterocycles. The average Bonchev–Trinajstić information content (AvgIpc) is 4.13. The van der Waals surface area contributed by atoms with Crippen molar-refractivity contribution in [3.8, 4) is 33.6 Å². The summed E-state index contributed by atoms with van der Waals surface area (Å²) in [6.07, 6.45) is 7.70. The average molecular weight is 845 g/mol. The van der Waals surface area contributed by atoms with Crippen LogP contribution in [0.3, 0.4) is 0 Å². The van der Waals surface area contributed by atoms with Gasteiger partial charge in [-0.3, -0.25) is 9.59 Å². The molecule has 4 bridgehead atoms. The van der Waals surface area contributed by atoms with Crippen LogP contribution in [0.15, 0.2) is 59.3 Å². The van der Waals surface area contributed by atoms with Crippen molar-refractivity contribution in [2.24, 2.45) is 23.7 Å². The third-order valence-corrected chi connectivity index (χ3v) is 14.1. The largest absolute Gasteiger partial charge is 0.461 e. The van der Waals surface area contributed by atoms with E-state index in [-0.39, 0.29) is 23.7 Å². The van der Waals surface area contributed by atoms with Crippen molar-refractivity contribution in [1.82, 2.24) is 40.4 Å². The van der Waals surface area contributed by atoms with Crippen molar-refractivity contribution < 1.29 is 33.1 Å². The van der Waals surface area contributed by atoms with Crippen LogP contribution in [0.4, 0.5) is 9.59 Å². The third-order valence-electron chi connectivity index (χ3n) is 14.1. The molecule has 2 aliphatic carbocycles. The van der Waals surface area contributed by atoms with E-state index in [2.05, 4.69) is 63.1 Å². The van der Waals surface area contributed by atoms with E-state index in [9.17, 15) is 19.2 Å². The number of nitrogens with zero attached hydrogens (tertiary/aromatic N) is 4. The first kappa shape index (κ1) is 41.2. The predicted molar refractivity (Wildman–Crippen MR) is 231 cm³/mol. The number of nitrogens with one attached hydrogen (secondary N) is 4. The van der Waals surface area contributed by atoms with Crippen LogP contribution in [-0.2, 0) is 30.1 Å². The Morgan fingerprint density at radius 1 is 0.726 bits per heavy atom. The third kappa shape index (κ3) is 6.80. The number of methoxy groups -OCH3 is 2. The Bertz CT molecular complexity index is 2540. The van der Waals surface area contributed by atoms with Crippen LogP contribution in [0.2, 0.25) is 0 Å². The number of carbonyl (C=O) groups is 4. The standard InChI is InChI=1S/C47H56N8O7/c1-25(2)37(52-44(58)60-6)40(56)54-23-28-14-16-46(54,19-28)42-48-21-35(50-42)31-10-8-30(9-11-31)32-12-13-33(39-34(32)18-27(5)62-39)36-22-49-43(51-36)47-17-15-29(20-47)24-55(47)41(57)38(26(3)4)53-45(59)61-7/h8-13,18,21-22,25-26,28-29,37-38H,14-17,19-20,23-24H2,1-7H3,(H,48,50)(H,49,51)(H,52,58)(H,53,59)/t28?,29?,37-,38-,46?,47?/m0/s1. The van der Waals surface area contributed by atoms with Crippen LogP contribution in [-0.4, -0.2) is 93.1 Å². The van der Waals surface area contributed by atoms with Crippen molar-refractivity contribution in [1.29, 1.82) is 0 Å². The zero-order valence-corrected chi connectivity index (χ0v) is 36.5. The first-order valence-corrected chi connectivity index (χ1v) is 21.8. The molecular weight excluding hydrogens is 789 g/mol. The Labute approximate surface area is 360 Å². The fourth-order valence-corrected chi connectivity index (χ4v) is 10.9. The summed E-state index contributed by atoms with van der Waals surface area (Å²) in [5, 5.41) is 6.49. The van der Waals surface area contributed by atoms with Crippen LogP contribution >= 0.6 is 0 Å². The number of alkyl carbamates (subject to hydrolysis) is 2. The molecule has 15 heteroatoms. The molecular formula is C47H56N8O7. The maximum Gasteiger partial charge on any atom is 0.407 e. The Kier molecular flexibility index (Phi) is 10.4. The Balaban J connectivity index is 0.965. The number of likely N-dealkylation sites (tertiary alicyclic amines) is 2. The van der Waals surface area contributed by atoms with Gasteiger partial charge in [-0.05, 0) is 97.9 Å². The van der Waals surface area contributed by atoms with Crippen molar-refractivity contribution >= 4 is 35.0 Å². The molecule has 62 heavy (non-hydrogen) atoms. The summed E-state index contributed by atoms with van der Waals surface area (Å²) in [5.41, 5.74) is 5.15. The highest BCUT2D eigenvalue weighted by atomic mass is 16.5. The number of piperidine rings is 2. The molecule has 0 spiro atoms. The summed E-state index contributed by atoms with van der Waals surface area (Å²) in [5.74, 6) is 2.57. The van der Waals surface area contributed by atoms with E-state index in [1.807, 2.05) is 56.8 Å². The highest BCUT2D eigenvalue weighted by Gasteiger charge is 2.58. The van der Waals surface area contributed by atoms with Gasteiger partial charge in [-0.1, -0.05) is 58.0 Å². The minimum Gasteiger partial charge on any atom is -0.461 e. The van der Waals surface area contributed by atoms with Gasteiger partial charge in [0.1, 0.15) is 46.2 Å². The number of benzene rings is 2. The zero-order chi connectivity index (χ0) is 43.7.